The first kappa shape index (κ1) is 15.5. The summed E-state index contributed by atoms with van der Waals surface area (Å²) in [6.45, 7) is 12.4. The SMILES string of the molecule is CC(C)(C)OC(=O)NCc1ccncc1C(C)(C)C. The smallest absolute Gasteiger partial charge is 0.407 e. The van der Waals surface area contributed by atoms with E-state index in [1.807, 2.05) is 33.0 Å². The molecule has 0 aliphatic carbocycles. The van der Waals surface area contributed by atoms with E-state index in [0.717, 1.165) is 11.1 Å². The van der Waals surface area contributed by atoms with E-state index in [4.69, 9.17) is 4.74 Å². The third-order valence-electron chi connectivity index (χ3n) is 2.54. The van der Waals surface area contributed by atoms with E-state index >= 15 is 0 Å². The Balaban J connectivity index is 2.71. The first-order valence-electron chi connectivity index (χ1n) is 6.50. The van der Waals surface area contributed by atoms with Gasteiger partial charge in [-0.1, -0.05) is 20.8 Å². The van der Waals surface area contributed by atoms with Gasteiger partial charge in [-0.05, 0) is 43.4 Å². The van der Waals surface area contributed by atoms with E-state index in [1.54, 1.807) is 6.20 Å². The standard InChI is InChI=1S/C15H24N2O2/c1-14(2,3)12-10-16-8-7-11(12)9-17-13(18)19-15(4,5)6/h7-8,10H,9H2,1-6H3,(H,17,18). The van der Waals surface area contributed by atoms with E-state index in [9.17, 15) is 4.79 Å². The van der Waals surface area contributed by atoms with Gasteiger partial charge in [0.15, 0.2) is 0 Å². The summed E-state index contributed by atoms with van der Waals surface area (Å²) in [6, 6.07) is 1.93. The van der Waals surface area contributed by atoms with E-state index in [-0.39, 0.29) is 5.41 Å². The summed E-state index contributed by atoms with van der Waals surface area (Å²) in [5.74, 6) is 0. The molecule has 0 saturated carbocycles. The molecule has 1 heterocycles. The summed E-state index contributed by atoms with van der Waals surface area (Å²) < 4.78 is 5.22. The highest BCUT2D eigenvalue weighted by atomic mass is 16.6. The Hall–Kier alpha value is -1.58. The Morgan fingerprint density at radius 1 is 1.26 bits per heavy atom. The molecule has 0 aromatic carbocycles. The van der Waals surface area contributed by atoms with Crippen LogP contribution in [0.2, 0.25) is 0 Å². The number of carbonyl (C=O) groups excluding carboxylic acids is 1. The minimum Gasteiger partial charge on any atom is -0.444 e. The number of nitrogens with one attached hydrogen (secondary N) is 1. The van der Waals surface area contributed by atoms with Gasteiger partial charge < -0.3 is 10.1 Å². The molecule has 0 unspecified atom stereocenters. The molecular weight excluding hydrogens is 240 g/mol. The number of carbonyl (C=O) groups is 1. The normalized spacial score (nSPS) is 12.1. The topological polar surface area (TPSA) is 51.2 Å². The Morgan fingerprint density at radius 2 is 1.89 bits per heavy atom. The average molecular weight is 264 g/mol. The van der Waals surface area contributed by atoms with Crippen molar-refractivity contribution in [3.8, 4) is 0 Å². The summed E-state index contributed by atoms with van der Waals surface area (Å²) >= 11 is 0. The van der Waals surface area contributed by atoms with Gasteiger partial charge in [0.05, 0.1) is 0 Å². The quantitative estimate of drug-likeness (QED) is 0.890. The molecule has 1 N–H and O–H groups in total. The van der Waals surface area contributed by atoms with Crippen LogP contribution in [-0.4, -0.2) is 16.7 Å². The molecule has 0 aliphatic rings. The number of rotatable bonds is 2. The van der Waals surface area contributed by atoms with Gasteiger partial charge >= 0.3 is 6.09 Å². The summed E-state index contributed by atoms with van der Waals surface area (Å²) in [4.78, 5) is 15.8. The molecule has 1 amide bonds. The number of alkyl carbamates (subject to hydrolysis) is 1. The van der Waals surface area contributed by atoms with E-state index in [2.05, 4.69) is 31.1 Å². The van der Waals surface area contributed by atoms with Gasteiger partial charge in [0.1, 0.15) is 5.60 Å². The zero-order chi connectivity index (χ0) is 14.7. The van der Waals surface area contributed by atoms with Crippen molar-refractivity contribution in [2.24, 2.45) is 0 Å². The van der Waals surface area contributed by atoms with E-state index in [1.165, 1.54) is 0 Å². The number of nitrogens with zero attached hydrogens (tertiary/aromatic N) is 1. The maximum absolute atomic E-state index is 11.6. The number of hydrogen-bond acceptors (Lipinski definition) is 3. The highest BCUT2D eigenvalue weighted by Crippen LogP contribution is 2.24. The van der Waals surface area contributed by atoms with Crippen LogP contribution in [0.15, 0.2) is 18.5 Å². The highest BCUT2D eigenvalue weighted by molar-refractivity contribution is 5.67. The molecule has 106 valence electrons. The molecule has 0 fully saturated rings. The minimum absolute atomic E-state index is 0.000788. The lowest BCUT2D eigenvalue weighted by Gasteiger charge is -2.23. The number of ether oxygens (including phenoxy) is 1. The Kier molecular flexibility index (Phi) is 4.56. The molecule has 0 radical (unpaired) electrons. The maximum atomic E-state index is 11.6. The largest absolute Gasteiger partial charge is 0.444 e. The molecule has 4 heteroatoms. The van der Waals surface area contributed by atoms with Gasteiger partial charge in [0, 0.05) is 18.9 Å². The molecule has 0 aliphatic heterocycles. The zero-order valence-electron chi connectivity index (χ0n) is 12.7. The minimum atomic E-state index is -0.477. The summed E-state index contributed by atoms with van der Waals surface area (Å²) in [7, 11) is 0. The van der Waals surface area contributed by atoms with E-state index < -0.39 is 11.7 Å². The summed E-state index contributed by atoms with van der Waals surface area (Å²) in [5.41, 5.74) is 1.72. The van der Waals surface area contributed by atoms with Gasteiger partial charge in [-0.15, -0.1) is 0 Å². The molecule has 1 aromatic heterocycles. The van der Waals surface area contributed by atoms with Gasteiger partial charge in [-0.25, -0.2) is 4.79 Å². The molecule has 1 aromatic rings. The second-order valence-corrected chi connectivity index (χ2v) is 6.64. The second-order valence-electron chi connectivity index (χ2n) is 6.64. The van der Waals surface area contributed by atoms with Crippen LogP contribution in [0.5, 0.6) is 0 Å². The fourth-order valence-electron chi connectivity index (χ4n) is 1.73. The van der Waals surface area contributed by atoms with Crippen molar-refractivity contribution in [3.05, 3.63) is 29.6 Å². The molecule has 19 heavy (non-hydrogen) atoms. The first-order valence-corrected chi connectivity index (χ1v) is 6.50. The number of hydrogen-bond donors (Lipinski definition) is 1. The van der Waals surface area contributed by atoms with Crippen molar-refractivity contribution >= 4 is 6.09 Å². The van der Waals surface area contributed by atoms with Gasteiger partial charge in [-0.2, -0.15) is 0 Å². The van der Waals surface area contributed by atoms with Gasteiger partial charge in [0.2, 0.25) is 0 Å². The first-order chi connectivity index (χ1) is 8.59. The lowest BCUT2D eigenvalue weighted by Crippen LogP contribution is -2.32. The Labute approximate surface area is 115 Å². The third-order valence-corrected chi connectivity index (χ3v) is 2.54. The van der Waals surface area contributed by atoms with Crippen molar-refractivity contribution in [3.63, 3.8) is 0 Å². The molecule has 4 nitrogen and oxygen atoms in total. The number of pyridine rings is 1. The maximum Gasteiger partial charge on any atom is 0.407 e. The van der Waals surface area contributed by atoms with Crippen LogP contribution < -0.4 is 5.32 Å². The predicted octanol–water partition coefficient (Wildman–Crippen LogP) is 3.40. The molecule has 1 rings (SSSR count). The fourth-order valence-corrected chi connectivity index (χ4v) is 1.73. The van der Waals surface area contributed by atoms with Crippen molar-refractivity contribution in [2.45, 2.75) is 59.1 Å². The van der Waals surface area contributed by atoms with E-state index in [0.29, 0.717) is 6.54 Å². The fraction of sp³-hybridized carbons (Fsp3) is 0.600. The zero-order valence-corrected chi connectivity index (χ0v) is 12.7. The number of aromatic nitrogens is 1. The summed E-state index contributed by atoms with van der Waals surface area (Å²) in [6.07, 6.45) is 3.19. The van der Waals surface area contributed by atoms with Gasteiger partial charge in [0.25, 0.3) is 0 Å². The predicted molar refractivity (Wildman–Crippen MR) is 76.0 cm³/mol. The van der Waals surface area contributed by atoms with Crippen LogP contribution in [-0.2, 0) is 16.7 Å². The molecule has 0 atom stereocenters. The second kappa shape index (κ2) is 5.59. The van der Waals surface area contributed by atoms with Crippen LogP contribution in [0.4, 0.5) is 4.79 Å². The average Bonchev–Trinajstić information content (AvgIpc) is 2.23. The molecule has 0 spiro atoms. The van der Waals surface area contributed by atoms with Gasteiger partial charge in [-0.3, -0.25) is 4.98 Å². The highest BCUT2D eigenvalue weighted by Gasteiger charge is 2.19. The molecule has 0 bridgehead atoms. The number of amides is 1. The lowest BCUT2D eigenvalue weighted by atomic mass is 9.85. The monoisotopic (exact) mass is 264 g/mol. The molecule has 0 saturated heterocycles. The lowest BCUT2D eigenvalue weighted by molar-refractivity contribution is 0.0523. The van der Waals surface area contributed by atoms with Crippen molar-refractivity contribution in [1.82, 2.24) is 10.3 Å². The van der Waals surface area contributed by atoms with Crippen LogP contribution in [0.1, 0.15) is 52.7 Å². The van der Waals surface area contributed by atoms with Crippen LogP contribution >= 0.6 is 0 Å². The Morgan fingerprint density at radius 3 is 2.42 bits per heavy atom. The van der Waals surface area contributed by atoms with Crippen LogP contribution in [0.3, 0.4) is 0 Å². The summed E-state index contributed by atoms with van der Waals surface area (Å²) in [5, 5.41) is 2.78. The van der Waals surface area contributed by atoms with Crippen LogP contribution in [0.25, 0.3) is 0 Å². The van der Waals surface area contributed by atoms with Crippen LogP contribution in [0, 0.1) is 0 Å². The van der Waals surface area contributed by atoms with Crippen molar-refractivity contribution in [2.75, 3.05) is 0 Å². The van der Waals surface area contributed by atoms with Crippen molar-refractivity contribution in [1.29, 1.82) is 0 Å². The third kappa shape index (κ3) is 5.28. The molecular formula is C15H24N2O2. The van der Waals surface area contributed by atoms with Crippen molar-refractivity contribution < 1.29 is 9.53 Å². The Bertz CT molecular complexity index is 442.